The molecule has 3 heterocycles. The molecule has 1 aromatic carbocycles. The summed E-state index contributed by atoms with van der Waals surface area (Å²) in [6, 6.07) is 5.58. The quantitative estimate of drug-likeness (QED) is 0.915. The van der Waals surface area contributed by atoms with Gasteiger partial charge in [0.1, 0.15) is 11.9 Å². The first-order valence-electron chi connectivity index (χ1n) is 7.05. The fourth-order valence-electron chi connectivity index (χ4n) is 3.08. The molecule has 2 aliphatic heterocycles. The lowest BCUT2D eigenvalue weighted by Crippen LogP contribution is -2.29. The van der Waals surface area contributed by atoms with Crippen molar-refractivity contribution in [1.29, 1.82) is 0 Å². The summed E-state index contributed by atoms with van der Waals surface area (Å²) in [5, 5.41) is 3.13. The van der Waals surface area contributed by atoms with Crippen molar-refractivity contribution >= 4 is 35.1 Å². The molecule has 0 bridgehead atoms. The van der Waals surface area contributed by atoms with E-state index in [2.05, 4.69) is 27.6 Å². The van der Waals surface area contributed by atoms with E-state index >= 15 is 0 Å². The molecule has 0 amide bonds. The number of rotatable bonds is 2. The number of aryl methyl sites for hydroxylation is 1. The lowest BCUT2D eigenvalue weighted by Gasteiger charge is -2.19. The third-order valence-electron chi connectivity index (χ3n) is 4.02. The number of nitrogens with one attached hydrogen (secondary N) is 1. The van der Waals surface area contributed by atoms with E-state index in [9.17, 15) is 4.79 Å². The first kappa shape index (κ1) is 15.3. The minimum atomic E-state index is -0.0701. The van der Waals surface area contributed by atoms with Crippen LogP contribution < -0.4 is 10.3 Å². The van der Waals surface area contributed by atoms with E-state index in [0.29, 0.717) is 0 Å². The molecule has 2 aromatic rings. The van der Waals surface area contributed by atoms with E-state index in [-0.39, 0.29) is 24.1 Å². The molecule has 1 aromatic heterocycles. The molecule has 1 unspecified atom stereocenters. The van der Waals surface area contributed by atoms with Gasteiger partial charge in [-0.2, -0.15) is 0 Å². The third-order valence-corrected chi connectivity index (χ3v) is 4.81. The predicted octanol–water partition coefficient (Wildman–Crippen LogP) is 3.04. The van der Waals surface area contributed by atoms with Gasteiger partial charge in [0, 0.05) is 24.1 Å². The molecule has 0 saturated carbocycles. The van der Waals surface area contributed by atoms with Crippen molar-refractivity contribution in [3.63, 3.8) is 0 Å². The number of nitrogens with zero attached hydrogens (tertiary/aromatic N) is 1. The molecule has 1 atom stereocenters. The van der Waals surface area contributed by atoms with Gasteiger partial charge in [-0.15, -0.1) is 24.2 Å². The second kappa shape index (κ2) is 5.89. The average Bonchev–Trinajstić information content (AvgIpc) is 3.09. The molecule has 0 aliphatic carbocycles. The highest BCUT2D eigenvalue weighted by Gasteiger charge is 2.27. The highest BCUT2D eigenvalue weighted by atomic mass is 35.5. The summed E-state index contributed by atoms with van der Waals surface area (Å²) in [6.45, 7) is 2.94. The van der Waals surface area contributed by atoms with Crippen molar-refractivity contribution in [2.24, 2.45) is 0 Å². The largest absolute Gasteiger partial charge is 0.487 e. The van der Waals surface area contributed by atoms with Crippen molar-refractivity contribution in [2.45, 2.75) is 19.4 Å². The van der Waals surface area contributed by atoms with Gasteiger partial charge in [-0.25, -0.2) is 0 Å². The number of aromatic amines is 1. The monoisotopic (exact) mass is 336 g/mol. The lowest BCUT2D eigenvalue weighted by atomic mass is 10.0. The van der Waals surface area contributed by atoms with Crippen LogP contribution in [-0.4, -0.2) is 28.4 Å². The van der Waals surface area contributed by atoms with Gasteiger partial charge in [0.2, 0.25) is 5.56 Å². The summed E-state index contributed by atoms with van der Waals surface area (Å²) in [4.78, 5) is 16.7. The first-order valence-corrected chi connectivity index (χ1v) is 8.10. The van der Waals surface area contributed by atoms with Crippen molar-refractivity contribution in [3.8, 4) is 5.75 Å². The summed E-state index contributed by atoms with van der Waals surface area (Å²) in [7, 11) is 0. The Balaban J connectivity index is 0.00000144. The molecule has 0 spiro atoms. The van der Waals surface area contributed by atoms with Gasteiger partial charge in [0.05, 0.1) is 17.9 Å². The van der Waals surface area contributed by atoms with Crippen LogP contribution >= 0.6 is 24.2 Å². The van der Waals surface area contributed by atoms with Crippen molar-refractivity contribution in [1.82, 2.24) is 9.88 Å². The molecule has 6 heteroatoms. The molecule has 22 heavy (non-hydrogen) atoms. The van der Waals surface area contributed by atoms with E-state index in [1.807, 2.05) is 13.0 Å². The van der Waals surface area contributed by atoms with E-state index in [0.717, 1.165) is 41.1 Å². The van der Waals surface area contributed by atoms with Gasteiger partial charge in [-0.3, -0.25) is 4.79 Å². The molecule has 4 nitrogen and oxygen atoms in total. The summed E-state index contributed by atoms with van der Waals surface area (Å²) < 4.78 is 6.17. The van der Waals surface area contributed by atoms with E-state index < -0.39 is 0 Å². The van der Waals surface area contributed by atoms with Crippen LogP contribution in [0.15, 0.2) is 34.6 Å². The fourth-order valence-corrected chi connectivity index (χ4v) is 3.81. The Labute approximate surface area is 138 Å². The summed E-state index contributed by atoms with van der Waals surface area (Å²) in [6.07, 6.45) is 3.23. The number of pyridine rings is 1. The van der Waals surface area contributed by atoms with Crippen molar-refractivity contribution in [2.75, 3.05) is 12.4 Å². The van der Waals surface area contributed by atoms with Gasteiger partial charge in [0.25, 0.3) is 0 Å². The van der Waals surface area contributed by atoms with Gasteiger partial charge >= 0.3 is 0 Å². The second-order valence-corrected chi connectivity index (χ2v) is 6.45. The van der Waals surface area contributed by atoms with Gasteiger partial charge < -0.3 is 14.6 Å². The second-order valence-electron chi connectivity index (χ2n) is 5.59. The zero-order chi connectivity index (χ0) is 14.4. The summed E-state index contributed by atoms with van der Waals surface area (Å²) in [5.41, 5.74) is 3.16. The predicted molar refractivity (Wildman–Crippen MR) is 93.0 cm³/mol. The summed E-state index contributed by atoms with van der Waals surface area (Å²) >= 11 is 1.81. The van der Waals surface area contributed by atoms with Crippen molar-refractivity contribution < 1.29 is 4.74 Å². The topological polar surface area (TPSA) is 45.3 Å². The number of ether oxygens (including phenoxy) is 1. The third kappa shape index (κ3) is 2.59. The Morgan fingerprint density at radius 3 is 3.09 bits per heavy atom. The number of hydrogen-bond donors (Lipinski definition) is 1. The number of H-pyrrole nitrogens is 1. The fraction of sp³-hybridized carbons (Fsp3) is 0.312. The number of hydrogen-bond acceptors (Lipinski definition) is 4. The normalized spacial score (nSPS) is 19.1. The van der Waals surface area contributed by atoms with Crippen molar-refractivity contribution in [3.05, 3.63) is 51.3 Å². The van der Waals surface area contributed by atoms with E-state index in [1.165, 1.54) is 5.56 Å². The molecule has 1 N–H and O–H groups in total. The maximum Gasteiger partial charge on any atom is 0.248 e. The minimum absolute atomic E-state index is 0. The number of halogens is 1. The number of thioether (sulfide) groups is 1. The zero-order valence-corrected chi connectivity index (χ0v) is 13.8. The average molecular weight is 337 g/mol. The highest BCUT2D eigenvalue weighted by molar-refractivity contribution is 8.02. The van der Waals surface area contributed by atoms with E-state index in [1.54, 1.807) is 17.8 Å². The number of benzene rings is 1. The lowest BCUT2D eigenvalue weighted by molar-refractivity contribution is 0.193. The smallest absolute Gasteiger partial charge is 0.248 e. The van der Waals surface area contributed by atoms with Gasteiger partial charge in [0.15, 0.2) is 0 Å². The SMILES string of the molecule is Cc1cc2c(c3ccc(=O)[nH]c13)OC(CN1C=CSC1)C2.Cl. The molecule has 2 aliphatic rings. The van der Waals surface area contributed by atoms with Crippen LogP contribution in [0.3, 0.4) is 0 Å². The van der Waals surface area contributed by atoms with Crippen LogP contribution in [0.25, 0.3) is 10.9 Å². The molecule has 116 valence electrons. The Bertz CT molecular complexity index is 803. The molecule has 0 radical (unpaired) electrons. The maximum absolute atomic E-state index is 11.5. The highest BCUT2D eigenvalue weighted by Crippen LogP contribution is 2.37. The van der Waals surface area contributed by atoms with Gasteiger partial charge in [-0.05, 0) is 29.5 Å². The Kier molecular flexibility index (Phi) is 4.10. The Morgan fingerprint density at radius 1 is 1.45 bits per heavy atom. The van der Waals surface area contributed by atoms with Crippen LogP contribution in [0.5, 0.6) is 5.75 Å². The Morgan fingerprint density at radius 2 is 2.32 bits per heavy atom. The molecule has 0 saturated heterocycles. The first-order chi connectivity index (χ1) is 10.2. The van der Waals surface area contributed by atoms with Gasteiger partial charge in [-0.1, -0.05) is 6.07 Å². The zero-order valence-electron chi connectivity index (χ0n) is 12.2. The van der Waals surface area contributed by atoms with Crippen LogP contribution in [-0.2, 0) is 6.42 Å². The van der Waals surface area contributed by atoms with E-state index in [4.69, 9.17) is 4.74 Å². The number of aromatic nitrogens is 1. The molecule has 0 fully saturated rings. The molecular weight excluding hydrogens is 320 g/mol. The summed E-state index contributed by atoms with van der Waals surface area (Å²) in [5.74, 6) is 1.94. The van der Waals surface area contributed by atoms with Crippen LogP contribution in [0.4, 0.5) is 0 Å². The Hall–Kier alpha value is -1.59. The standard InChI is InChI=1S/C16H16N2O2S.ClH/c1-10-6-11-7-12(8-18-4-5-21-9-18)20-16(11)13-2-3-14(19)17-15(10)13;/h2-6,12H,7-9H2,1H3,(H,17,19);1H. The van der Waals surface area contributed by atoms with Crippen LogP contribution in [0.1, 0.15) is 11.1 Å². The minimum Gasteiger partial charge on any atom is -0.487 e. The number of fused-ring (bicyclic) bond motifs is 3. The maximum atomic E-state index is 11.5. The van der Waals surface area contributed by atoms with Crippen LogP contribution in [0, 0.1) is 6.92 Å². The van der Waals surface area contributed by atoms with Crippen LogP contribution in [0.2, 0.25) is 0 Å². The molecule has 4 rings (SSSR count). The molecular formula is C16H17ClN2O2S.